The van der Waals surface area contributed by atoms with E-state index in [1.165, 1.54) is 5.69 Å². The van der Waals surface area contributed by atoms with Crippen LogP contribution in [-0.4, -0.2) is 26.3 Å². The van der Waals surface area contributed by atoms with Gasteiger partial charge in [-0.15, -0.1) is 0 Å². The largest absolute Gasteiger partial charge is 0.472 e. The summed E-state index contributed by atoms with van der Waals surface area (Å²) in [5.41, 5.74) is 6.24. The maximum Gasteiger partial charge on any atom is 0.178 e. The van der Waals surface area contributed by atoms with Crippen molar-refractivity contribution >= 4 is 22.5 Å². The lowest BCUT2D eigenvalue weighted by Gasteiger charge is -2.41. The summed E-state index contributed by atoms with van der Waals surface area (Å²) >= 11 is 0. The second-order valence-corrected chi connectivity index (χ2v) is 13.2. The normalized spacial score (nSPS) is 21.1. The molecule has 5 heteroatoms. The quantitative estimate of drug-likeness (QED) is 0.203. The van der Waals surface area contributed by atoms with Crippen LogP contribution in [0.1, 0.15) is 59.9 Å². The highest BCUT2D eigenvalue weighted by Crippen LogP contribution is 2.62. The molecule has 1 atom stereocenters. The number of hydrogen-bond acceptors (Lipinski definition) is 3. The Bertz CT molecular complexity index is 2010. The zero-order valence-corrected chi connectivity index (χ0v) is 25.7. The van der Waals surface area contributed by atoms with Crippen molar-refractivity contribution in [2.45, 2.75) is 43.1 Å². The Kier molecular flexibility index (Phi) is 6.36. The Morgan fingerprint density at radius 3 is 2.15 bits per heavy atom. The highest BCUT2D eigenvalue weighted by Gasteiger charge is 2.50. The van der Waals surface area contributed by atoms with Crippen LogP contribution >= 0.6 is 0 Å². The molecule has 1 spiro atoms. The van der Waals surface area contributed by atoms with E-state index in [1.807, 2.05) is 18.2 Å². The minimum atomic E-state index is -0.878. The van der Waals surface area contributed by atoms with E-state index in [0.717, 1.165) is 109 Å². The van der Waals surface area contributed by atoms with E-state index in [9.17, 15) is 4.39 Å². The number of morpholine rings is 1. The molecule has 46 heavy (non-hydrogen) atoms. The summed E-state index contributed by atoms with van der Waals surface area (Å²) in [7, 11) is 0. The van der Waals surface area contributed by atoms with Gasteiger partial charge in [-0.2, -0.15) is 0 Å². The first-order valence-corrected chi connectivity index (χ1v) is 16.6. The van der Waals surface area contributed by atoms with Crippen LogP contribution in [0.3, 0.4) is 0 Å². The van der Waals surface area contributed by atoms with Crippen LogP contribution in [0.2, 0.25) is 0 Å². The molecule has 0 radical (unpaired) electrons. The first-order chi connectivity index (χ1) is 22.6. The molecule has 2 heterocycles. The number of hydrogen-bond donors (Lipinski definition) is 0. The molecular formula is C41H35F2NO2. The van der Waals surface area contributed by atoms with Gasteiger partial charge in [0.15, 0.2) is 5.60 Å². The molecule has 0 amide bonds. The van der Waals surface area contributed by atoms with Gasteiger partial charge in [-0.1, -0.05) is 92.1 Å². The van der Waals surface area contributed by atoms with E-state index >= 15 is 4.39 Å². The molecule has 9 rings (SSSR count). The molecule has 3 nitrogen and oxygen atoms in total. The highest BCUT2D eigenvalue weighted by molar-refractivity contribution is 6.08. The van der Waals surface area contributed by atoms with E-state index in [4.69, 9.17) is 9.47 Å². The van der Waals surface area contributed by atoms with Crippen molar-refractivity contribution in [2.75, 3.05) is 31.2 Å². The number of halogens is 2. The van der Waals surface area contributed by atoms with Crippen LogP contribution in [-0.2, 0) is 15.8 Å². The third-order valence-corrected chi connectivity index (χ3v) is 10.8. The van der Waals surface area contributed by atoms with Gasteiger partial charge in [0.25, 0.3) is 0 Å². The minimum absolute atomic E-state index is 0.439. The summed E-state index contributed by atoms with van der Waals surface area (Å²) < 4.78 is 44.0. The third kappa shape index (κ3) is 3.97. The summed E-state index contributed by atoms with van der Waals surface area (Å²) in [5, 5.41) is 1.93. The van der Waals surface area contributed by atoms with E-state index in [-0.39, 0.29) is 0 Å². The average molecular weight is 612 g/mol. The van der Waals surface area contributed by atoms with Gasteiger partial charge in [0.2, 0.25) is 0 Å². The van der Waals surface area contributed by atoms with Crippen molar-refractivity contribution in [3.63, 3.8) is 0 Å². The second-order valence-electron chi connectivity index (χ2n) is 13.2. The van der Waals surface area contributed by atoms with Gasteiger partial charge in [0.05, 0.1) is 13.2 Å². The molecule has 4 aliphatic rings. The summed E-state index contributed by atoms with van der Waals surface area (Å²) in [6.07, 6.45) is 9.19. The Morgan fingerprint density at radius 1 is 0.696 bits per heavy atom. The number of anilines is 1. The van der Waals surface area contributed by atoms with Gasteiger partial charge in [-0.25, -0.2) is 8.78 Å². The molecule has 1 saturated heterocycles. The standard InChI is InChI=1S/C41H35F2NO2/c42-29-25-34-36-31-11-5-6-12-32(31)39-33(38(36)40(18-7-2-8-19-40)37(34)35(43)26-29)17-20-41(46-39,27-9-3-1-4-10-27)28-13-15-30(16-14-28)44-21-23-45-24-22-44/h1,3-6,9-17,20,25-26H,2,7-8,18-19,21-24H2. The molecule has 5 aromatic rings. The molecule has 2 aliphatic heterocycles. The zero-order valence-electron chi connectivity index (χ0n) is 25.7. The summed E-state index contributed by atoms with van der Waals surface area (Å²) in [4.78, 5) is 2.36. The first-order valence-electron chi connectivity index (χ1n) is 16.6. The molecule has 2 aliphatic carbocycles. The van der Waals surface area contributed by atoms with Crippen LogP contribution in [0.15, 0.2) is 97.1 Å². The third-order valence-electron chi connectivity index (χ3n) is 10.8. The molecule has 0 N–H and O–H groups in total. The molecule has 1 saturated carbocycles. The molecular weight excluding hydrogens is 576 g/mol. The fourth-order valence-corrected chi connectivity index (χ4v) is 8.81. The van der Waals surface area contributed by atoms with E-state index < -0.39 is 22.7 Å². The van der Waals surface area contributed by atoms with E-state index in [1.54, 1.807) is 6.07 Å². The minimum Gasteiger partial charge on any atom is -0.472 e. The molecule has 0 bridgehead atoms. The lowest BCUT2D eigenvalue weighted by Crippen LogP contribution is -2.37. The lowest BCUT2D eigenvalue weighted by molar-refractivity contribution is 0.122. The second kappa shape index (κ2) is 10.5. The molecule has 230 valence electrons. The SMILES string of the molecule is Fc1cc(F)c2c(c1)-c1c(c3c(c4ccccc14)OC(c1ccccc1)(c1ccc(N4CCOCC4)cc1)C=C3)C21CCCCC1. The van der Waals surface area contributed by atoms with Crippen molar-refractivity contribution in [3.05, 3.63) is 137 Å². The van der Waals surface area contributed by atoms with Gasteiger partial charge in [-0.05, 0) is 59.2 Å². The molecule has 2 fully saturated rings. The van der Waals surface area contributed by atoms with Crippen molar-refractivity contribution < 1.29 is 18.3 Å². The van der Waals surface area contributed by atoms with E-state index in [2.05, 4.69) is 77.7 Å². The van der Waals surface area contributed by atoms with Crippen molar-refractivity contribution in [3.8, 4) is 16.9 Å². The van der Waals surface area contributed by atoms with Crippen LogP contribution in [0, 0.1) is 11.6 Å². The Labute approximate surface area is 268 Å². The smallest absolute Gasteiger partial charge is 0.178 e. The summed E-state index contributed by atoms with van der Waals surface area (Å²) in [6.45, 7) is 3.21. The molecule has 1 unspecified atom stereocenters. The highest BCUT2D eigenvalue weighted by atomic mass is 19.1. The Hall–Kier alpha value is -4.48. The van der Waals surface area contributed by atoms with Crippen LogP contribution in [0.5, 0.6) is 5.75 Å². The van der Waals surface area contributed by atoms with Crippen LogP contribution < -0.4 is 9.64 Å². The number of fused-ring (bicyclic) bond motifs is 10. The topological polar surface area (TPSA) is 21.7 Å². The predicted molar refractivity (Wildman–Crippen MR) is 180 cm³/mol. The molecule has 5 aromatic carbocycles. The number of ether oxygens (including phenoxy) is 2. The average Bonchev–Trinajstić information content (AvgIpc) is 3.38. The van der Waals surface area contributed by atoms with Crippen LogP contribution in [0.25, 0.3) is 28.0 Å². The zero-order chi connectivity index (χ0) is 30.9. The number of nitrogens with zero attached hydrogens (tertiary/aromatic N) is 1. The predicted octanol–water partition coefficient (Wildman–Crippen LogP) is 9.53. The lowest BCUT2D eigenvalue weighted by atomic mass is 9.66. The Morgan fingerprint density at radius 2 is 1.39 bits per heavy atom. The monoisotopic (exact) mass is 611 g/mol. The maximum atomic E-state index is 16.0. The van der Waals surface area contributed by atoms with Gasteiger partial charge < -0.3 is 14.4 Å². The van der Waals surface area contributed by atoms with Crippen molar-refractivity contribution in [1.29, 1.82) is 0 Å². The molecule has 0 aromatic heterocycles. The Balaban J connectivity index is 1.29. The van der Waals surface area contributed by atoms with Gasteiger partial charge in [-0.3, -0.25) is 0 Å². The van der Waals surface area contributed by atoms with Crippen LogP contribution in [0.4, 0.5) is 14.5 Å². The number of rotatable bonds is 3. The van der Waals surface area contributed by atoms with Gasteiger partial charge in [0.1, 0.15) is 17.4 Å². The summed E-state index contributed by atoms with van der Waals surface area (Å²) in [6, 6.07) is 30.0. The van der Waals surface area contributed by atoms with E-state index in [0.29, 0.717) is 11.1 Å². The number of benzene rings is 5. The fourth-order valence-electron chi connectivity index (χ4n) is 8.81. The fraction of sp³-hybridized carbons (Fsp3) is 0.268. The maximum absolute atomic E-state index is 16.0. The van der Waals surface area contributed by atoms with Crippen molar-refractivity contribution in [2.24, 2.45) is 0 Å². The first kappa shape index (κ1) is 27.8. The van der Waals surface area contributed by atoms with Crippen molar-refractivity contribution in [1.82, 2.24) is 0 Å². The van der Waals surface area contributed by atoms with Gasteiger partial charge >= 0.3 is 0 Å². The summed E-state index contributed by atoms with van der Waals surface area (Å²) in [5.74, 6) is -0.172. The van der Waals surface area contributed by atoms with Gasteiger partial charge in [0, 0.05) is 57.9 Å².